The maximum Gasteiger partial charge on any atom is 0.255 e. The third kappa shape index (κ3) is 4.06. The van der Waals surface area contributed by atoms with Gasteiger partial charge in [0.05, 0.1) is 17.9 Å². The Balaban J connectivity index is 1.30. The molecule has 0 radical (unpaired) electrons. The number of hydrogen-bond donors (Lipinski definition) is 1. The van der Waals surface area contributed by atoms with E-state index in [1.807, 2.05) is 31.5 Å². The van der Waals surface area contributed by atoms with E-state index < -0.39 is 11.7 Å². The standard InChI is InChI=1S/C25H29N5O2/c1-18-5-7-20(8-6-18)16-29-13-9-25(10-14-29)24-27-12-15-30(24)17-22(32-25)23(31)28-21-4-3-11-26-19(21)2/h3-8,11-12,15,22H,9-10,13-14,16-17H2,1-2H3,(H,28,31). The van der Waals surface area contributed by atoms with E-state index in [9.17, 15) is 4.79 Å². The average molecular weight is 432 g/mol. The molecular weight excluding hydrogens is 402 g/mol. The number of rotatable bonds is 4. The summed E-state index contributed by atoms with van der Waals surface area (Å²) >= 11 is 0. The molecule has 1 amide bonds. The van der Waals surface area contributed by atoms with Gasteiger partial charge >= 0.3 is 0 Å². The van der Waals surface area contributed by atoms with Gasteiger partial charge in [-0.15, -0.1) is 0 Å². The molecule has 1 unspecified atom stereocenters. The summed E-state index contributed by atoms with van der Waals surface area (Å²) in [6.07, 6.45) is 6.54. The van der Waals surface area contributed by atoms with Crippen LogP contribution in [-0.4, -0.2) is 44.5 Å². The van der Waals surface area contributed by atoms with Gasteiger partial charge in [-0.2, -0.15) is 0 Å². The maximum absolute atomic E-state index is 13.1. The number of carbonyl (C=O) groups is 1. The van der Waals surface area contributed by atoms with Crippen LogP contribution in [0.4, 0.5) is 5.69 Å². The number of imidazole rings is 1. The van der Waals surface area contributed by atoms with Crippen LogP contribution < -0.4 is 5.32 Å². The summed E-state index contributed by atoms with van der Waals surface area (Å²) in [6, 6.07) is 12.4. The topological polar surface area (TPSA) is 72.3 Å². The van der Waals surface area contributed by atoms with Gasteiger partial charge in [0.1, 0.15) is 11.4 Å². The number of pyridine rings is 1. The molecule has 3 aromatic rings. The molecule has 0 bridgehead atoms. The van der Waals surface area contributed by atoms with Crippen molar-refractivity contribution < 1.29 is 9.53 Å². The Labute approximate surface area is 188 Å². The third-order valence-electron chi connectivity index (χ3n) is 6.60. The lowest BCUT2D eigenvalue weighted by molar-refractivity contribution is -0.170. The van der Waals surface area contributed by atoms with E-state index in [0.717, 1.165) is 49.7 Å². The molecule has 0 aliphatic carbocycles. The number of aryl methyl sites for hydroxylation is 2. The van der Waals surface area contributed by atoms with Crippen molar-refractivity contribution in [1.29, 1.82) is 0 Å². The van der Waals surface area contributed by atoms with E-state index in [4.69, 9.17) is 4.74 Å². The smallest absolute Gasteiger partial charge is 0.255 e. The van der Waals surface area contributed by atoms with Crippen molar-refractivity contribution in [3.05, 3.63) is 77.6 Å². The number of hydrogen-bond acceptors (Lipinski definition) is 5. The predicted octanol–water partition coefficient (Wildman–Crippen LogP) is 3.42. The number of likely N-dealkylation sites (tertiary alicyclic amines) is 1. The van der Waals surface area contributed by atoms with Gasteiger partial charge in [-0.25, -0.2) is 4.98 Å². The highest BCUT2D eigenvalue weighted by Crippen LogP contribution is 2.40. The number of anilines is 1. The Hall–Kier alpha value is -3.03. The first-order valence-electron chi connectivity index (χ1n) is 11.2. The Kier molecular flexibility index (Phi) is 5.53. The highest BCUT2D eigenvalue weighted by Gasteiger charge is 2.47. The van der Waals surface area contributed by atoms with Crippen LogP contribution in [0.1, 0.15) is 35.5 Å². The molecule has 1 saturated heterocycles. The number of piperidine rings is 1. The van der Waals surface area contributed by atoms with E-state index in [1.165, 1.54) is 11.1 Å². The summed E-state index contributed by atoms with van der Waals surface area (Å²) in [5, 5.41) is 3.00. The minimum atomic E-state index is -0.569. The molecule has 1 atom stereocenters. The van der Waals surface area contributed by atoms with Gasteiger partial charge in [-0.05, 0) is 44.4 Å². The van der Waals surface area contributed by atoms with Gasteiger partial charge in [0.2, 0.25) is 0 Å². The molecule has 1 fully saturated rings. The molecule has 1 N–H and O–H groups in total. The first-order valence-corrected chi connectivity index (χ1v) is 11.2. The molecule has 0 saturated carbocycles. The zero-order valence-electron chi connectivity index (χ0n) is 18.6. The van der Waals surface area contributed by atoms with E-state index in [2.05, 4.69) is 55.9 Å². The van der Waals surface area contributed by atoms with Crippen LogP contribution in [-0.2, 0) is 28.2 Å². The van der Waals surface area contributed by atoms with Gasteiger partial charge in [-0.3, -0.25) is 14.7 Å². The van der Waals surface area contributed by atoms with E-state index in [0.29, 0.717) is 6.54 Å². The molecule has 1 aromatic carbocycles. The second-order valence-electron chi connectivity index (χ2n) is 8.89. The molecule has 2 aliphatic rings. The van der Waals surface area contributed by atoms with Crippen LogP contribution in [0.25, 0.3) is 0 Å². The minimum absolute atomic E-state index is 0.137. The minimum Gasteiger partial charge on any atom is -0.352 e. The molecule has 7 nitrogen and oxygen atoms in total. The van der Waals surface area contributed by atoms with Crippen LogP contribution in [0.2, 0.25) is 0 Å². The van der Waals surface area contributed by atoms with Crippen molar-refractivity contribution in [3.63, 3.8) is 0 Å². The van der Waals surface area contributed by atoms with Crippen molar-refractivity contribution in [2.45, 2.75) is 51.5 Å². The first-order chi connectivity index (χ1) is 15.5. The first kappa shape index (κ1) is 20.8. The van der Waals surface area contributed by atoms with Crippen molar-refractivity contribution >= 4 is 11.6 Å². The lowest BCUT2D eigenvalue weighted by Gasteiger charge is -2.45. The lowest BCUT2D eigenvalue weighted by Crippen LogP contribution is -2.53. The van der Waals surface area contributed by atoms with E-state index in [1.54, 1.807) is 6.20 Å². The van der Waals surface area contributed by atoms with Gasteiger partial charge in [0.25, 0.3) is 5.91 Å². The van der Waals surface area contributed by atoms with Crippen molar-refractivity contribution in [1.82, 2.24) is 19.4 Å². The molecular formula is C25H29N5O2. The SMILES string of the molecule is Cc1ccc(CN2CCC3(CC2)OC(C(=O)Nc2cccnc2C)Cn2ccnc23)cc1. The number of amides is 1. The number of nitrogens with zero attached hydrogens (tertiary/aromatic N) is 4. The zero-order chi connectivity index (χ0) is 22.1. The molecule has 5 rings (SSSR count). The molecule has 4 heterocycles. The Morgan fingerprint density at radius 1 is 1.12 bits per heavy atom. The number of aromatic nitrogens is 3. The summed E-state index contributed by atoms with van der Waals surface area (Å²) < 4.78 is 8.63. The summed E-state index contributed by atoms with van der Waals surface area (Å²) in [5.74, 6) is 0.802. The van der Waals surface area contributed by atoms with Crippen LogP contribution in [0, 0.1) is 13.8 Å². The number of ether oxygens (including phenoxy) is 1. The Morgan fingerprint density at radius 2 is 1.91 bits per heavy atom. The second kappa shape index (κ2) is 8.48. The fraction of sp³-hybridized carbons (Fsp3) is 0.400. The zero-order valence-corrected chi connectivity index (χ0v) is 18.6. The van der Waals surface area contributed by atoms with Gasteiger partial charge in [0.15, 0.2) is 6.10 Å². The fourth-order valence-electron chi connectivity index (χ4n) is 4.73. The summed E-state index contributed by atoms with van der Waals surface area (Å²) in [6.45, 7) is 7.19. The highest BCUT2D eigenvalue weighted by atomic mass is 16.5. The van der Waals surface area contributed by atoms with Crippen molar-refractivity contribution in [2.24, 2.45) is 0 Å². The average Bonchev–Trinajstić information content (AvgIpc) is 3.28. The quantitative estimate of drug-likeness (QED) is 0.685. The summed E-state index contributed by atoms with van der Waals surface area (Å²) in [5.41, 5.74) is 3.58. The summed E-state index contributed by atoms with van der Waals surface area (Å²) in [4.78, 5) is 24.4. The van der Waals surface area contributed by atoms with Crippen molar-refractivity contribution in [2.75, 3.05) is 18.4 Å². The molecule has 2 aliphatic heterocycles. The van der Waals surface area contributed by atoms with E-state index in [-0.39, 0.29) is 5.91 Å². The third-order valence-corrected chi connectivity index (χ3v) is 6.60. The molecule has 166 valence electrons. The van der Waals surface area contributed by atoms with Crippen LogP contribution in [0.5, 0.6) is 0 Å². The number of nitrogens with one attached hydrogen (secondary N) is 1. The van der Waals surface area contributed by atoms with Gasteiger partial charge < -0.3 is 14.6 Å². The Morgan fingerprint density at radius 3 is 2.66 bits per heavy atom. The predicted molar refractivity (Wildman–Crippen MR) is 122 cm³/mol. The largest absolute Gasteiger partial charge is 0.352 e. The molecule has 2 aromatic heterocycles. The second-order valence-corrected chi connectivity index (χ2v) is 8.89. The van der Waals surface area contributed by atoms with Gasteiger partial charge in [0, 0.05) is 38.2 Å². The van der Waals surface area contributed by atoms with Gasteiger partial charge in [-0.1, -0.05) is 29.8 Å². The fourth-order valence-corrected chi connectivity index (χ4v) is 4.73. The monoisotopic (exact) mass is 431 g/mol. The maximum atomic E-state index is 13.1. The Bertz CT molecular complexity index is 1100. The molecule has 7 heteroatoms. The van der Waals surface area contributed by atoms with Crippen molar-refractivity contribution in [3.8, 4) is 0 Å². The number of carbonyl (C=O) groups excluding carboxylic acids is 1. The number of benzene rings is 1. The normalized spacial score (nSPS) is 20.1. The lowest BCUT2D eigenvalue weighted by atomic mass is 9.88. The van der Waals surface area contributed by atoms with E-state index >= 15 is 0 Å². The molecule has 1 spiro atoms. The summed E-state index contributed by atoms with van der Waals surface area (Å²) in [7, 11) is 0. The number of fused-ring (bicyclic) bond motifs is 2. The van der Waals surface area contributed by atoms with Crippen LogP contribution in [0.3, 0.4) is 0 Å². The molecule has 32 heavy (non-hydrogen) atoms. The van der Waals surface area contributed by atoms with Crippen LogP contribution in [0.15, 0.2) is 55.0 Å². The highest BCUT2D eigenvalue weighted by molar-refractivity contribution is 5.94. The van der Waals surface area contributed by atoms with Crippen LogP contribution >= 0.6 is 0 Å².